The highest BCUT2D eigenvalue weighted by Crippen LogP contribution is 2.38. The lowest BCUT2D eigenvalue weighted by Gasteiger charge is -2.05. The number of aryl methyl sites for hydroxylation is 1. The van der Waals surface area contributed by atoms with Crippen LogP contribution in [-0.4, -0.2) is 16.7 Å². The van der Waals surface area contributed by atoms with E-state index in [9.17, 15) is 4.79 Å². The van der Waals surface area contributed by atoms with Crippen LogP contribution in [0.25, 0.3) is 0 Å². The van der Waals surface area contributed by atoms with Gasteiger partial charge in [-0.15, -0.1) is 0 Å². The van der Waals surface area contributed by atoms with E-state index >= 15 is 0 Å². The Kier molecular flexibility index (Phi) is 2.27. The minimum Gasteiger partial charge on any atom is -0.267 e. The SMILES string of the molecule is CCC1(C)ON1C(=O)c1ccccc1C. The molecule has 1 fully saturated rings. The van der Waals surface area contributed by atoms with E-state index in [1.165, 1.54) is 5.06 Å². The van der Waals surface area contributed by atoms with E-state index in [4.69, 9.17) is 4.84 Å². The van der Waals surface area contributed by atoms with Gasteiger partial charge < -0.3 is 0 Å². The predicted molar refractivity (Wildman–Crippen MR) is 57.1 cm³/mol. The summed E-state index contributed by atoms with van der Waals surface area (Å²) in [5.41, 5.74) is 1.31. The molecular formula is C12H15NO2. The molecule has 1 amide bonds. The van der Waals surface area contributed by atoms with Crippen molar-refractivity contribution >= 4 is 5.91 Å². The Morgan fingerprint density at radius 2 is 2.13 bits per heavy atom. The van der Waals surface area contributed by atoms with Gasteiger partial charge in [0, 0.05) is 5.56 Å². The third-order valence-corrected chi connectivity index (χ3v) is 2.90. The molecular weight excluding hydrogens is 190 g/mol. The maximum absolute atomic E-state index is 12.0. The van der Waals surface area contributed by atoms with Crippen molar-refractivity contribution in [1.82, 2.24) is 5.06 Å². The number of carbonyl (C=O) groups excluding carboxylic acids is 1. The number of hydrogen-bond donors (Lipinski definition) is 0. The third-order valence-electron chi connectivity index (χ3n) is 2.90. The molecule has 1 saturated heterocycles. The summed E-state index contributed by atoms with van der Waals surface area (Å²) in [6.45, 7) is 5.86. The molecule has 0 spiro atoms. The number of hydroxylamine groups is 2. The van der Waals surface area contributed by atoms with Gasteiger partial charge in [-0.05, 0) is 31.9 Å². The Bertz CT molecular complexity index is 402. The van der Waals surface area contributed by atoms with Crippen LogP contribution in [0, 0.1) is 6.92 Å². The van der Waals surface area contributed by atoms with Crippen LogP contribution in [0.5, 0.6) is 0 Å². The highest BCUT2D eigenvalue weighted by molar-refractivity contribution is 5.96. The van der Waals surface area contributed by atoms with Gasteiger partial charge >= 0.3 is 0 Å². The fourth-order valence-electron chi connectivity index (χ4n) is 1.56. The van der Waals surface area contributed by atoms with Crippen molar-refractivity contribution in [2.75, 3.05) is 0 Å². The molecule has 0 aliphatic carbocycles. The lowest BCUT2D eigenvalue weighted by Crippen LogP contribution is -2.20. The van der Waals surface area contributed by atoms with E-state index in [0.29, 0.717) is 0 Å². The molecule has 1 aromatic rings. The van der Waals surface area contributed by atoms with Gasteiger partial charge in [0.15, 0.2) is 5.72 Å². The van der Waals surface area contributed by atoms with Crippen LogP contribution < -0.4 is 0 Å². The molecule has 0 bridgehead atoms. The first-order valence-electron chi connectivity index (χ1n) is 5.18. The van der Waals surface area contributed by atoms with Crippen molar-refractivity contribution in [2.45, 2.75) is 32.9 Å². The van der Waals surface area contributed by atoms with Crippen molar-refractivity contribution in [2.24, 2.45) is 0 Å². The summed E-state index contributed by atoms with van der Waals surface area (Å²) in [6.07, 6.45) is 0.810. The molecule has 15 heavy (non-hydrogen) atoms. The highest BCUT2D eigenvalue weighted by atomic mass is 16.9. The van der Waals surface area contributed by atoms with Gasteiger partial charge in [-0.1, -0.05) is 25.1 Å². The van der Waals surface area contributed by atoms with Crippen molar-refractivity contribution in [3.8, 4) is 0 Å². The van der Waals surface area contributed by atoms with Crippen LogP contribution in [0.2, 0.25) is 0 Å². The minimum atomic E-state index is -0.390. The van der Waals surface area contributed by atoms with E-state index in [1.807, 2.05) is 45.0 Å². The molecule has 0 saturated carbocycles. The topological polar surface area (TPSA) is 32.6 Å². The summed E-state index contributed by atoms with van der Waals surface area (Å²) >= 11 is 0. The normalized spacial score (nSPS) is 24.1. The van der Waals surface area contributed by atoms with Gasteiger partial charge in [0.2, 0.25) is 0 Å². The van der Waals surface area contributed by atoms with Crippen molar-refractivity contribution in [3.63, 3.8) is 0 Å². The van der Waals surface area contributed by atoms with Crippen molar-refractivity contribution in [3.05, 3.63) is 35.4 Å². The summed E-state index contributed by atoms with van der Waals surface area (Å²) in [5.74, 6) is -0.0440. The second-order valence-corrected chi connectivity index (χ2v) is 4.03. The number of nitrogens with zero attached hydrogens (tertiary/aromatic N) is 1. The fourth-order valence-corrected chi connectivity index (χ4v) is 1.56. The summed E-state index contributed by atoms with van der Waals surface area (Å²) in [5, 5.41) is 1.45. The third kappa shape index (κ3) is 1.63. The molecule has 3 heteroatoms. The van der Waals surface area contributed by atoms with Crippen LogP contribution in [0.1, 0.15) is 36.2 Å². The second-order valence-electron chi connectivity index (χ2n) is 4.03. The van der Waals surface area contributed by atoms with E-state index in [1.54, 1.807) is 0 Å². The van der Waals surface area contributed by atoms with Gasteiger partial charge in [-0.25, -0.2) is 4.84 Å². The number of hydrogen-bond acceptors (Lipinski definition) is 2. The van der Waals surface area contributed by atoms with Crippen LogP contribution in [0.15, 0.2) is 24.3 Å². The molecule has 1 atom stereocenters. The summed E-state index contributed by atoms with van der Waals surface area (Å²) in [4.78, 5) is 17.3. The number of carbonyl (C=O) groups is 1. The van der Waals surface area contributed by atoms with Crippen LogP contribution in [0.4, 0.5) is 0 Å². The maximum atomic E-state index is 12.0. The van der Waals surface area contributed by atoms with E-state index in [2.05, 4.69) is 0 Å². The van der Waals surface area contributed by atoms with E-state index in [-0.39, 0.29) is 11.6 Å². The first-order valence-corrected chi connectivity index (χ1v) is 5.18. The quantitative estimate of drug-likeness (QED) is 0.695. The average Bonchev–Trinajstić information content (AvgIpc) is 2.92. The Morgan fingerprint density at radius 1 is 1.47 bits per heavy atom. The number of benzene rings is 1. The predicted octanol–water partition coefficient (Wildman–Crippen LogP) is 2.51. The highest BCUT2D eigenvalue weighted by Gasteiger charge is 2.53. The van der Waals surface area contributed by atoms with E-state index in [0.717, 1.165) is 17.5 Å². The lowest BCUT2D eigenvalue weighted by atomic mass is 10.1. The molecule has 1 aliphatic rings. The summed E-state index contributed by atoms with van der Waals surface area (Å²) < 4.78 is 0. The van der Waals surface area contributed by atoms with E-state index < -0.39 is 0 Å². The maximum Gasteiger partial charge on any atom is 0.280 e. The zero-order valence-electron chi connectivity index (χ0n) is 9.28. The van der Waals surface area contributed by atoms with Gasteiger partial charge in [0.1, 0.15) is 0 Å². The Hall–Kier alpha value is -1.35. The largest absolute Gasteiger partial charge is 0.280 e. The Labute approximate surface area is 89.6 Å². The second kappa shape index (κ2) is 3.35. The standard InChI is InChI=1S/C12H15NO2/c1-4-12(3)13(15-12)11(14)10-8-6-5-7-9(10)2/h5-8H,4H2,1-3H3. The van der Waals surface area contributed by atoms with Gasteiger partial charge in [0.25, 0.3) is 5.91 Å². The molecule has 0 radical (unpaired) electrons. The zero-order valence-corrected chi connectivity index (χ0v) is 9.28. The number of amides is 1. The molecule has 1 aliphatic heterocycles. The molecule has 1 aromatic carbocycles. The number of rotatable bonds is 2. The molecule has 80 valence electrons. The first-order chi connectivity index (χ1) is 7.08. The summed E-state index contributed by atoms with van der Waals surface area (Å²) in [7, 11) is 0. The van der Waals surface area contributed by atoms with Crippen molar-refractivity contribution < 1.29 is 9.63 Å². The smallest absolute Gasteiger partial charge is 0.267 e. The Morgan fingerprint density at radius 3 is 2.67 bits per heavy atom. The molecule has 1 unspecified atom stereocenters. The molecule has 2 rings (SSSR count). The molecule has 0 N–H and O–H groups in total. The molecule has 3 nitrogen and oxygen atoms in total. The van der Waals surface area contributed by atoms with Crippen LogP contribution in [-0.2, 0) is 4.84 Å². The van der Waals surface area contributed by atoms with Gasteiger partial charge in [0.05, 0.1) is 0 Å². The van der Waals surface area contributed by atoms with Crippen LogP contribution >= 0.6 is 0 Å². The molecule has 0 aromatic heterocycles. The first kappa shape index (κ1) is 10.2. The lowest BCUT2D eigenvalue weighted by molar-refractivity contribution is 0.0711. The van der Waals surface area contributed by atoms with Gasteiger partial charge in [-0.3, -0.25) is 4.79 Å². The average molecular weight is 205 g/mol. The minimum absolute atomic E-state index is 0.0440. The van der Waals surface area contributed by atoms with Crippen LogP contribution in [0.3, 0.4) is 0 Å². The van der Waals surface area contributed by atoms with Gasteiger partial charge in [-0.2, -0.15) is 5.06 Å². The Balaban J connectivity index is 2.21. The zero-order chi connectivity index (χ0) is 11.1. The molecule has 1 heterocycles. The van der Waals surface area contributed by atoms with Crippen molar-refractivity contribution in [1.29, 1.82) is 0 Å². The summed E-state index contributed by atoms with van der Waals surface area (Å²) in [6, 6.07) is 7.55. The monoisotopic (exact) mass is 205 g/mol. The fraction of sp³-hybridized carbons (Fsp3) is 0.417.